The summed E-state index contributed by atoms with van der Waals surface area (Å²) < 4.78 is 0. The van der Waals surface area contributed by atoms with E-state index in [0.717, 1.165) is 11.3 Å². The number of carbonyl (C=O) groups is 2. The smallest absolute Gasteiger partial charge is 0.257 e. The summed E-state index contributed by atoms with van der Waals surface area (Å²) in [5.41, 5.74) is -1.01. The normalized spacial score (nSPS) is 11.2. The Morgan fingerprint density at radius 2 is 1.85 bits per heavy atom. The molecule has 0 spiro atoms. The van der Waals surface area contributed by atoms with E-state index in [2.05, 4.69) is 15.5 Å². The SMILES string of the molecule is CC(C)(O)C(=O)Nc1nnc(C(=O)c2ccccc2)s1. The second-order valence-electron chi connectivity index (χ2n) is 4.62. The summed E-state index contributed by atoms with van der Waals surface area (Å²) in [7, 11) is 0. The van der Waals surface area contributed by atoms with Crippen LogP contribution in [0.1, 0.15) is 29.2 Å². The molecule has 2 rings (SSSR count). The second kappa shape index (κ2) is 5.48. The van der Waals surface area contributed by atoms with Crippen LogP contribution in [0.5, 0.6) is 0 Å². The topological polar surface area (TPSA) is 92.2 Å². The predicted octanol–water partition coefficient (Wildman–Crippen LogP) is 1.48. The average molecular weight is 291 g/mol. The highest BCUT2D eigenvalue weighted by Crippen LogP contribution is 2.19. The first kappa shape index (κ1) is 14.3. The van der Waals surface area contributed by atoms with Crippen molar-refractivity contribution in [2.24, 2.45) is 0 Å². The van der Waals surface area contributed by atoms with Gasteiger partial charge in [-0.15, -0.1) is 10.2 Å². The Hall–Kier alpha value is -2.12. The third-order valence-corrected chi connectivity index (χ3v) is 3.27. The van der Waals surface area contributed by atoms with E-state index in [1.165, 1.54) is 13.8 Å². The number of hydrogen-bond donors (Lipinski definition) is 2. The zero-order valence-electron chi connectivity index (χ0n) is 11.0. The summed E-state index contributed by atoms with van der Waals surface area (Å²) in [5.74, 6) is -0.862. The molecule has 1 aromatic heterocycles. The van der Waals surface area contributed by atoms with E-state index >= 15 is 0 Å². The summed E-state index contributed by atoms with van der Waals surface area (Å²) in [6.07, 6.45) is 0. The fraction of sp³-hybridized carbons (Fsp3) is 0.231. The molecule has 104 valence electrons. The van der Waals surface area contributed by atoms with Crippen molar-refractivity contribution in [1.82, 2.24) is 10.2 Å². The second-order valence-corrected chi connectivity index (χ2v) is 5.60. The van der Waals surface area contributed by atoms with Gasteiger partial charge < -0.3 is 5.11 Å². The molecule has 0 aliphatic rings. The average Bonchev–Trinajstić information content (AvgIpc) is 2.86. The molecule has 0 unspecified atom stereocenters. The minimum absolute atomic E-state index is 0.177. The molecule has 7 heteroatoms. The number of nitrogens with zero attached hydrogens (tertiary/aromatic N) is 2. The van der Waals surface area contributed by atoms with Gasteiger partial charge in [0.25, 0.3) is 5.91 Å². The maximum Gasteiger partial charge on any atom is 0.257 e. The standard InChI is InChI=1S/C13H13N3O3S/c1-13(2,19)11(18)14-12-16-15-10(20-12)9(17)8-6-4-3-5-7-8/h3-7,19H,1-2H3,(H,14,16,18). The zero-order chi connectivity index (χ0) is 14.8. The number of amides is 1. The number of ketones is 1. The van der Waals surface area contributed by atoms with Gasteiger partial charge in [-0.05, 0) is 13.8 Å². The molecule has 0 saturated carbocycles. The number of nitrogens with one attached hydrogen (secondary N) is 1. The summed E-state index contributed by atoms with van der Waals surface area (Å²) in [6, 6.07) is 8.68. The fourth-order valence-corrected chi connectivity index (χ4v) is 2.03. The van der Waals surface area contributed by atoms with Crippen LogP contribution in [0.25, 0.3) is 0 Å². The molecule has 0 radical (unpaired) electrons. The van der Waals surface area contributed by atoms with Gasteiger partial charge in [0.05, 0.1) is 0 Å². The van der Waals surface area contributed by atoms with Crippen LogP contribution in [0.2, 0.25) is 0 Å². The van der Waals surface area contributed by atoms with Crippen molar-refractivity contribution in [2.45, 2.75) is 19.4 Å². The lowest BCUT2D eigenvalue weighted by Crippen LogP contribution is -2.36. The monoisotopic (exact) mass is 291 g/mol. The van der Waals surface area contributed by atoms with Crippen LogP contribution in [0, 0.1) is 0 Å². The van der Waals surface area contributed by atoms with Crippen molar-refractivity contribution in [1.29, 1.82) is 0 Å². The summed E-state index contributed by atoms with van der Waals surface area (Å²) in [6.45, 7) is 2.72. The van der Waals surface area contributed by atoms with Gasteiger partial charge in [-0.25, -0.2) is 0 Å². The Bertz CT molecular complexity index is 632. The quantitative estimate of drug-likeness (QED) is 0.832. The van der Waals surface area contributed by atoms with Crippen LogP contribution in [0.3, 0.4) is 0 Å². The highest BCUT2D eigenvalue weighted by Gasteiger charge is 2.25. The Balaban J connectivity index is 2.14. The summed E-state index contributed by atoms with van der Waals surface area (Å²) in [4.78, 5) is 23.7. The highest BCUT2D eigenvalue weighted by molar-refractivity contribution is 7.17. The third kappa shape index (κ3) is 3.25. The Morgan fingerprint density at radius 1 is 1.20 bits per heavy atom. The lowest BCUT2D eigenvalue weighted by molar-refractivity contribution is -0.130. The zero-order valence-corrected chi connectivity index (χ0v) is 11.8. The largest absolute Gasteiger partial charge is 0.381 e. The van der Waals surface area contributed by atoms with E-state index in [1.54, 1.807) is 24.3 Å². The van der Waals surface area contributed by atoms with Gasteiger partial charge in [0.2, 0.25) is 10.9 Å². The molecule has 0 aliphatic carbocycles. The molecule has 2 aromatic rings. The van der Waals surface area contributed by atoms with Gasteiger partial charge in [-0.2, -0.15) is 0 Å². The van der Waals surface area contributed by atoms with Crippen molar-refractivity contribution in [2.75, 3.05) is 5.32 Å². The summed E-state index contributed by atoms with van der Waals surface area (Å²) >= 11 is 0.965. The molecule has 0 bridgehead atoms. The number of aromatic nitrogens is 2. The molecular formula is C13H13N3O3S. The maximum atomic E-state index is 12.1. The molecule has 20 heavy (non-hydrogen) atoms. The molecule has 1 aromatic carbocycles. The molecule has 0 atom stereocenters. The first-order valence-electron chi connectivity index (χ1n) is 5.85. The molecule has 0 saturated heterocycles. The Labute approximate surface area is 119 Å². The van der Waals surface area contributed by atoms with E-state index < -0.39 is 11.5 Å². The van der Waals surface area contributed by atoms with Gasteiger partial charge in [0.1, 0.15) is 5.60 Å². The fourth-order valence-electron chi connectivity index (χ4n) is 1.33. The molecule has 1 amide bonds. The van der Waals surface area contributed by atoms with Crippen LogP contribution < -0.4 is 5.32 Å². The number of carbonyl (C=O) groups excluding carboxylic acids is 2. The van der Waals surface area contributed by atoms with Gasteiger partial charge in [-0.3, -0.25) is 14.9 Å². The van der Waals surface area contributed by atoms with Crippen molar-refractivity contribution >= 4 is 28.2 Å². The van der Waals surface area contributed by atoms with Crippen LogP contribution in [-0.2, 0) is 4.79 Å². The van der Waals surface area contributed by atoms with Crippen molar-refractivity contribution in [3.05, 3.63) is 40.9 Å². The highest BCUT2D eigenvalue weighted by atomic mass is 32.1. The molecule has 2 N–H and O–H groups in total. The molecule has 0 aliphatic heterocycles. The van der Waals surface area contributed by atoms with E-state index in [-0.39, 0.29) is 15.9 Å². The van der Waals surface area contributed by atoms with Gasteiger partial charge in [0.15, 0.2) is 5.01 Å². The minimum Gasteiger partial charge on any atom is -0.381 e. The first-order valence-corrected chi connectivity index (χ1v) is 6.66. The van der Waals surface area contributed by atoms with Crippen LogP contribution in [-0.4, -0.2) is 32.6 Å². The molecule has 6 nitrogen and oxygen atoms in total. The molecular weight excluding hydrogens is 278 g/mol. The van der Waals surface area contributed by atoms with Gasteiger partial charge in [-0.1, -0.05) is 41.7 Å². The first-order chi connectivity index (χ1) is 9.38. The van der Waals surface area contributed by atoms with Crippen LogP contribution >= 0.6 is 11.3 Å². The number of hydrogen-bond acceptors (Lipinski definition) is 6. The number of anilines is 1. The number of aliphatic hydroxyl groups is 1. The number of benzene rings is 1. The van der Waals surface area contributed by atoms with Crippen LogP contribution in [0.15, 0.2) is 30.3 Å². The van der Waals surface area contributed by atoms with Crippen molar-refractivity contribution in [3.63, 3.8) is 0 Å². The van der Waals surface area contributed by atoms with E-state index in [0.29, 0.717) is 5.56 Å². The van der Waals surface area contributed by atoms with E-state index in [4.69, 9.17) is 0 Å². The predicted molar refractivity (Wildman–Crippen MR) is 74.7 cm³/mol. The third-order valence-electron chi connectivity index (χ3n) is 2.43. The number of rotatable bonds is 4. The van der Waals surface area contributed by atoms with Crippen molar-refractivity contribution in [3.8, 4) is 0 Å². The molecule has 0 fully saturated rings. The minimum atomic E-state index is -1.52. The molecule has 1 heterocycles. The maximum absolute atomic E-state index is 12.1. The van der Waals surface area contributed by atoms with Gasteiger partial charge in [0, 0.05) is 5.56 Å². The lowest BCUT2D eigenvalue weighted by atomic mass is 10.1. The van der Waals surface area contributed by atoms with Gasteiger partial charge >= 0.3 is 0 Å². The van der Waals surface area contributed by atoms with Crippen molar-refractivity contribution < 1.29 is 14.7 Å². The van der Waals surface area contributed by atoms with Crippen LogP contribution in [0.4, 0.5) is 5.13 Å². The lowest BCUT2D eigenvalue weighted by Gasteiger charge is -2.14. The van der Waals surface area contributed by atoms with E-state index in [1.807, 2.05) is 6.07 Å². The Morgan fingerprint density at radius 3 is 2.45 bits per heavy atom. The summed E-state index contributed by atoms with van der Waals surface area (Å²) in [5, 5.41) is 19.8. The van der Waals surface area contributed by atoms with E-state index in [9.17, 15) is 14.7 Å². The Kier molecular flexibility index (Phi) is 3.91.